The number of hydrogen-bond acceptors (Lipinski definition) is 5. The molecule has 0 amide bonds. The van der Waals surface area contributed by atoms with Crippen molar-refractivity contribution >= 4 is 16.7 Å². The molecule has 0 bridgehead atoms. The Morgan fingerprint density at radius 1 is 1.32 bits per heavy atom. The Bertz CT molecular complexity index is 523. The van der Waals surface area contributed by atoms with E-state index in [1.165, 1.54) is 11.5 Å². The first kappa shape index (κ1) is 14.0. The highest BCUT2D eigenvalue weighted by atomic mass is 32.1. The lowest BCUT2D eigenvalue weighted by molar-refractivity contribution is 0.555. The van der Waals surface area contributed by atoms with Crippen LogP contribution in [0.2, 0.25) is 0 Å². The van der Waals surface area contributed by atoms with Gasteiger partial charge in [0.1, 0.15) is 5.82 Å². The number of nitrogens with two attached hydrogens (primary N) is 1. The maximum Gasteiger partial charge on any atom is 0.203 e. The molecule has 1 unspecified atom stereocenters. The Balaban J connectivity index is 2.23. The molecule has 1 aromatic heterocycles. The number of nitrogens with one attached hydrogen (secondary N) is 1. The van der Waals surface area contributed by atoms with Gasteiger partial charge in [-0.1, -0.05) is 44.2 Å². The summed E-state index contributed by atoms with van der Waals surface area (Å²) < 4.78 is 4.36. The van der Waals surface area contributed by atoms with Crippen LogP contribution in [-0.2, 0) is 5.54 Å². The van der Waals surface area contributed by atoms with Gasteiger partial charge in [-0.25, -0.2) is 4.98 Å². The van der Waals surface area contributed by atoms with E-state index in [9.17, 15) is 0 Å². The zero-order valence-corrected chi connectivity index (χ0v) is 12.4. The van der Waals surface area contributed by atoms with E-state index in [1.807, 2.05) is 18.2 Å². The van der Waals surface area contributed by atoms with Crippen molar-refractivity contribution in [3.63, 3.8) is 0 Å². The molecule has 1 atom stereocenters. The zero-order valence-electron chi connectivity index (χ0n) is 11.6. The van der Waals surface area contributed by atoms with E-state index in [1.54, 1.807) is 0 Å². The lowest BCUT2D eigenvalue weighted by Crippen LogP contribution is -2.39. The van der Waals surface area contributed by atoms with Gasteiger partial charge in [0.05, 0.1) is 5.54 Å². The Morgan fingerprint density at radius 2 is 2.00 bits per heavy atom. The third-order valence-corrected chi connectivity index (χ3v) is 3.80. The minimum absolute atomic E-state index is 0.324. The van der Waals surface area contributed by atoms with Gasteiger partial charge in [0.15, 0.2) is 0 Å². The Hall–Kier alpha value is -1.46. The van der Waals surface area contributed by atoms with Gasteiger partial charge in [0, 0.05) is 24.0 Å². The molecule has 0 saturated carbocycles. The first-order valence-electron chi connectivity index (χ1n) is 6.42. The minimum Gasteiger partial charge on any atom is -0.350 e. The van der Waals surface area contributed by atoms with Crippen LogP contribution in [0.4, 0.5) is 5.13 Å². The van der Waals surface area contributed by atoms with Crippen molar-refractivity contribution < 1.29 is 0 Å². The van der Waals surface area contributed by atoms with E-state index in [4.69, 9.17) is 5.73 Å². The predicted molar refractivity (Wildman–Crippen MR) is 80.5 cm³/mol. The van der Waals surface area contributed by atoms with Gasteiger partial charge in [0.25, 0.3) is 0 Å². The summed E-state index contributed by atoms with van der Waals surface area (Å²) in [6.07, 6.45) is 0. The van der Waals surface area contributed by atoms with Gasteiger partial charge < -0.3 is 11.1 Å². The van der Waals surface area contributed by atoms with Gasteiger partial charge in [-0.05, 0) is 12.5 Å². The van der Waals surface area contributed by atoms with E-state index >= 15 is 0 Å². The fourth-order valence-corrected chi connectivity index (χ4v) is 2.64. The highest BCUT2D eigenvalue weighted by Crippen LogP contribution is 2.27. The Kier molecular flexibility index (Phi) is 4.17. The molecule has 0 radical (unpaired) electrons. The highest BCUT2D eigenvalue weighted by molar-refractivity contribution is 7.09. The molecule has 4 nitrogen and oxygen atoms in total. The van der Waals surface area contributed by atoms with Gasteiger partial charge >= 0.3 is 0 Å². The fourth-order valence-electron chi connectivity index (χ4n) is 1.80. The lowest BCUT2D eigenvalue weighted by Gasteiger charge is -2.29. The molecule has 0 aliphatic heterocycles. The maximum atomic E-state index is 5.95. The largest absolute Gasteiger partial charge is 0.350 e. The molecule has 1 heterocycles. The topological polar surface area (TPSA) is 63.8 Å². The molecule has 3 N–H and O–H groups in total. The van der Waals surface area contributed by atoms with Crippen molar-refractivity contribution in [2.75, 3.05) is 11.9 Å². The molecule has 0 spiro atoms. The summed E-state index contributed by atoms with van der Waals surface area (Å²) in [4.78, 5) is 4.51. The summed E-state index contributed by atoms with van der Waals surface area (Å²) in [7, 11) is 0. The average molecular weight is 276 g/mol. The van der Waals surface area contributed by atoms with Gasteiger partial charge in [-0.2, -0.15) is 4.37 Å². The van der Waals surface area contributed by atoms with Gasteiger partial charge in [-0.15, -0.1) is 0 Å². The quantitative estimate of drug-likeness (QED) is 0.881. The minimum atomic E-state index is -0.324. The molecular formula is C14H20N4S. The van der Waals surface area contributed by atoms with Crippen LogP contribution >= 0.6 is 11.5 Å². The molecule has 0 fully saturated rings. The first-order valence-corrected chi connectivity index (χ1v) is 7.20. The Morgan fingerprint density at radius 3 is 2.53 bits per heavy atom. The van der Waals surface area contributed by atoms with Crippen molar-refractivity contribution in [3.05, 3.63) is 41.7 Å². The van der Waals surface area contributed by atoms with Crippen LogP contribution in [0.1, 0.15) is 38.1 Å². The normalized spacial score (nSPS) is 14.4. The van der Waals surface area contributed by atoms with Crippen LogP contribution in [0.5, 0.6) is 0 Å². The predicted octanol–water partition coefficient (Wildman–Crippen LogP) is 2.95. The molecule has 0 saturated heterocycles. The van der Waals surface area contributed by atoms with Crippen LogP contribution in [0.25, 0.3) is 0 Å². The number of anilines is 1. The molecule has 2 rings (SSSR count). The van der Waals surface area contributed by atoms with Crippen molar-refractivity contribution in [2.45, 2.75) is 32.2 Å². The fraction of sp³-hybridized carbons (Fsp3) is 0.429. The van der Waals surface area contributed by atoms with Crippen molar-refractivity contribution in [2.24, 2.45) is 5.73 Å². The summed E-state index contributed by atoms with van der Waals surface area (Å²) in [6, 6.07) is 10.2. The summed E-state index contributed by atoms with van der Waals surface area (Å²) in [5.41, 5.74) is 6.77. The number of nitrogens with zero attached hydrogens (tertiary/aromatic N) is 2. The summed E-state index contributed by atoms with van der Waals surface area (Å²) in [5.74, 6) is 1.22. The van der Waals surface area contributed by atoms with Crippen molar-refractivity contribution in [3.8, 4) is 0 Å². The second-order valence-corrected chi connectivity index (χ2v) is 5.89. The molecular weight excluding hydrogens is 256 g/mol. The Labute approximate surface area is 118 Å². The third kappa shape index (κ3) is 3.11. The lowest BCUT2D eigenvalue weighted by atomic mass is 9.92. The number of hydrogen-bond donors (Lipinski definition) is 2. The summed E-state index contributed by atoms with van der Waals surface area (Å²) in [6.45, 7) is 6.75. The summed E-state index contributed by atoms with van der Waals surface area (Å²) in [5, 5.41) is 4.24. The highest BCUT2D eigenvalue weighted by Gasteiger charge is 2.26. The molecule has 2 aromatic rings. The van der Waals surface area contributed by atoms with Crippen molar-refractivity contribution in [1.82, 2.24) is 9.36 Å². The average Bonchev–Trinajstić information content (AvgIpc) is 2.88. The second kappa shape index (κ2) is 5.67. The van der Waals surface area contributed by atoms with E-state index in [0.717, 1.165) is 16.5 Å². The van der Waals surface area contributed by atoms with E-state index in [0.29, 0.717) is 12.5 Å². The third-order valence-electron chi connectivity index (χ3n) is 3.16. The summed E-state index contributed by atoms with van der Waals surface area (Å²) >= 11 is 1.39. The molecule has 0 aliphatic carbocycles. The van der Waals surface area contributed by atoms with Gasteiger partial charge in [-0.3, -0.25) is 0 Å². The molecule has 0 aliphatic rings. The molecule has 19 heavy (non-hydrogen) atoms. The SMILES string of the molecule is CC(C)c1nsc(NC(C)(CN)c2ccccc2)n1. The van der Waals surface area contributed by atoms with Crippen LogP contribution in [-0.4, -0.2) is 15.9 Å². The van der Waals surface area contributed by atoms with Crippen LogP contribution in [0, 0.1) is 0 Å². The van der Waals surface area contributed by atoms with Crippen LogP contribution in [0.3, 0.4) is 0 Å². The monoisotopic (exact) mass is 276 g/mol. The van der Waals surface area contributed by atoms with E-state index < -0.39 is 0 Å². The van der Waals surface area contributed by atoms with E-state index in [-0.39, 0.29) is 5.54 Å². The number of rotatable bonds is 5. The second-order valence-electron chi connectivity index (χ2n) is 5.14. The van der Waals surface area contributed by atoms with E-state index in [2.05, 4.69) is 47.6 Å². The van der Waals surface area contributed by atoms with Crippen molar-refractivity contribution in [1.29, 1.82) is 0 Å². The maximum absolute atomic E-state index is 5.95. The molecule has 5 heteroatoms. The number of aromatic nitrogens is 2. The number of benzene rings is 1. The van der Waals surface area contributed by atoms with Crippen LogP contribution < -0.4 is 11.1 Å². The zero-order chi connectivity index (χ0) is 13.9. The van der Waals surface area contributed by atoms with Crippen LogP contribution in [0.15, 0.2) is 30.3 Å². The standard InChI is InChI=1S/C14H20N4S/c1-10(2)12-16-13(19-18-12)17-14(3,9-15)11-7-5-4-6-8-11/h4-8,10H,9,15H2,1-3H3,(H,16,17,18). The molecule has 102 valence electrons. The smallest absolute Gasteiger partial charge is 0.203 e. The first-order chi connectivity index (χ1) is 9.05. The van der Waals surface area contributed by atoms with Gasteiger partial charge in [0.2, 0.25) is 5.13 Å². The molecule has 1 aromatic carbocycles.